The molecule has 1 saturated heterocycles. The fraction of sp³-hybridized carbons (Fsp3) is 0.611. The second kappa shape index (κ2) is 6.80. The fourth-order valence-electron chi connectivity index (χ4n) is 3.34. The Hall–Kier alpha value is -1.39. The summed E-state index contributed by atoms with van der Waals surface area (Å²) in [6.45, 7) is 15.8. The molecule has 4 nitrogen and oxygen atoms in total. The van der Waals surface area contributed by atoms with Gasteiger partial charge in [0.05, 0.1) is 6.54 Å². The first kappa shape index (κ1) is 17.0. The van der Waals surface area contributed by atoms with Crippen molar-refractivity contribution in [3.8, 4) is 0 Å². The summed E-state index contributed by atoms with van der Waals surface area (Å²) in [5, 5.41) is 8.87. The lowest BCUT2D eigenvalue weighted by molar-refractivity contribution is -0.138. The summed E-state index contributed by atoms with van der Waals surface area (Å²) < 4.78 is 0. The van der Waals surface area contributed by atoms with E-state index in [2.05, 4.69) is 39.5 Å². The lowest BCUT2D eigenvalue weighted by atomic mass is 9.89. The molecule has 0 atom stereocenters. The average molecular weight is 304 g/mol. The van der Waals surface area contributed by atoms with Crippen LogP contribution in [0.4, 0.5) is 0 Å². The Morgan fingerprint density at radius 1 is 0.818 bits per heavy atom. The maximum Gasteiger partial charge on any atom is 0.317 e. The zero-order chi connectivity index (χ0) is 16.4. The first-order chi connectivity index (χ1) is 10.3. The Labute approximate surface area is 133 Å². The molecular weight excluding hydrogens is 276 g/mol. The molecule has 0 aliphatic carbocycles. The molecule has 1 aliphatic heterocycles. The second-order valence-corrected chi connectivity index (χ2v) is 6.55. The van der Waals surface area contributed by atoms with E-state index in [-0.39, 0.29) is 6.54 Å². The Kier molecular flexibility index (Phi) is 5.24. The van der Waals surface area contributed by atoms with Crippen molar-refractivity contribution in [2.24, 2.45) is 0 Å². The van der Waals surface area contributed by atoms with Crippen LogP contribution in [-0.2, 0) is 11.3 Å². The summed E-state index contributed by atoms with van der Waals surface area (Å²) in [7, 11) is 0. The third-order valence-corrected chi connectivity index (χ3v) is 5.36. The van der Waals surface area contributed by atoms with Crippen molar-refractivity contribution in [2.45, 2.75) is 41.2 Å². The molecule has 0 unspecified atom stereocenters. The lowest BCUT2D eigenvalue weighted by Gasteiger charge is -2.34. The predicted molar refractivity (Wildman–Crippen MR) is 89.5 cm³/mol. The summed E-state index contributed by atoms with van der Waals surface area (Å²) >= 11 is 0. The van der Waals surface area contributed by atoms with Gasteiger partial charge >= 0.3 is 5.97 Å². The Bertz CT molecular complexity index is 544. The Morgan fingerprint density at radius 3 is 1.68 bits per heavy atom. The van der Waals surface area contributed by atoms with E-state index in [9.17, 15) is 4.79 Å². The molecule has 0 saturated carbocycles. The molecule has 1 heterocycles. The van der Waals surface area contributed by atoms with E-state index in [1.165, 1.54) is 33.4 Å². The standard InChI is InChI=1S/C18H28N2O2/c1-12-13(2)15(4)17(16(5)14(12)3)10-19-6-8-20(9-7-19)11-18(21)22/h6-11H2,1-5H3,(H,21,22). The summed E-state index contributed by atoms with van der Waals surface area (Å²) in [5.74, 6) is -0.732. The smallest absolute Gasteiger partial charge is 0.317 e. The Morgan fingerprint density at radius 2 is 1.23 bits per heavy atom. The van der Waals surface area contributed by atoms with Crippen LogP contribution in [0.25, 0.3) is 0 Å². The molecule has 122 valence electrons. The van der Waals surface area contributed by atoms with E-state index < -0.39 is 5.97 Å². The van der Waals surface area contributed by atoms with Gasteiger partial charge in [-0.25, -0.2) is 0 Å². The summed E-state index contributed by atoms with van der Waals surface area (Å²) in [4.78, 5) is 15.2. The number of piperazine rings is 1. The van der Waals surface area contributed by atoms with Gasteiger partial charge in [-0.3, -0.25) is 14.6 Å². The highest BCUT2D eigenvalue weighted by Gasteiger charge is 2.21. The number of hydrogen-bond donors (Lipinski definition) is 1. The number of carboxylic acid groups (broad SMARTS) is 1. The molecule has 0 spiro atoms. The molecule has 1 fully saturated rings. The van der Waals surface area contributed by atoms with E-state index in [0.717, 1.165) is 32.7 Å². The molecule has 1 N–H and O–H groups in total. The normalized spacial score (nSPS) is 17.0. The van der Waals surface area contributed by atoms with Crippen molar-refractivity contribution in [3.05, 3.63) is 33.4 Å². The van der Waals surface area contributed by atoms with Crippen LogP contribution in [0.2, 0.25) is 0 Å². The van der Waals surface area contributed by atoms with Crippen molar-refractivity contribution < 1.29 is 9.90 Å². The summed E-state index contributed by atoms with van der Waals surface area (Å²) in [6.07, 6.45) is 0. The topological polar surface area (TPSA) is 43.8 Å². The average Bonchev–Trinajstić information content (AvgIpc) is 2.49. The molecule has 2 rings (SSSR count). The number of carboxylic acids is 1. The number of hydrogen-bond acceptors (Lipinski definition) is 3. The Balaban J connectivity index is 2.08. The first-order valence-corrected chi connectivity index (χ1v) is 8.03. The molecule has 1 aromatic carbocycles. The number of benzene rings is 1. The van der Waals surface area contributed by atoms with Crippen LogP contribution in [0.5, 0.6) is 0 Å². The van der Waals surface area contributed by atoms with Crippen LogP contribution in [0.15, 0.2) is 0 Å². The van der Waals surface area contributed by atoms with Crippen molar-refractivity contribution in [3.63, 3.8) is 0 Å². The minimum absolute atomic E-state index is 0.161. The molecule has 0 amide bonds. The summed E-state index contributed by atoms with van der Waals surface area (Å²) in [5.41, 5.74) is 8.49. The molecular formula is C18H28N2O2. The quantitative estimate of drug-likeness (QED) is 0.928. The second-order valence-electron chi connectivity index (χ2n) is 6.55. The van der Waals surface area contributed by atoms with Crippen molar-refractivity contribution in [1.82, 2.24) is 9.80 Å². The number of nitrogens with zero attached hydrogens (tertiary/aromatic N) is 2. The fourth-order valence-corrected chi connectivity index (χ4v) is 3.34. The van der Waals surface area contributed by atoms with E-state index in [0.29, 0.717) is 0 Å². The van der Waals surface area contributed by atoms with Gasteiger partial charge in [0.1, 0.15) is 0 Å². The summed E-state index contributed by atoms with van der Waals surface area (Å²) in [6, 6.07) is 0. The van der Waals surface area contributed by atoms with Crippen molar-refractivity contribution in [1.29, 1.82) is 0 Å². The van der Waals surface area contributed by atoms with Crippen LogP contribution in [-0.4, -0.2) is 53.6 Å². The van der Waals surface area contributed by atoms with Gasteiger partial charge in [0, 0.05) is 32.7 Å². The maximum absolute atomic E-state index is 10.8. The van der Waals surface area contributed by atoms with Gasteiger partial charge < -0.3 is 5.11 Å². The third-order valence-electron chi connectivity index (χ3n) is 5.36. The maximum atomic E-state index is 10.8. The van der Waals surface area contributed by atoms with Gasteiger partial charge in [-0.2, -0.15) is 0 Å². The van der Waals surface area contributed by atoms with Gasteiger partial charge in [-0.1, -0.05) is 0 Å². The number of carbonyl (C=O) groups is 1. The zero-order valence-electron chi connectivity index (χ0n) is 14.5. The third kappa shape index (κ3) is 3.50. The van der Waals surface area contributed by atoms with Gasteiger partial charge in [0.25, 0.3) is 0 Å². The highest BCUT2D eigenvalue weighted by Crippen LogP contribution is 2.27. The van der Waals surface area contributed by atoms with Crippen molar-refractivity contribution >= 4 is 5.97 Å². The number of aliphatic carboxylic acids is 1. The molecule has 22 heavy (non-hydrogen) atoms. The SMILES string of the molecule is Cc1c(C)c(C)c(CN2CCN(CC(=O)O)CC2)c(C)c1C. The first-order valence-electron chi connectivity index (χ1n) is 8.03. The van der Waals surface area contributed by atoms with Crippen LogP contribution in [0, 0.1) is 34.6 Å². The van der Waals surface area contributed by atoms with E-state index >= 15 is 0 Å². The van der Waals surface area contributed by atoms with Gasteiger partial charge in [-0.05, 0) is 68.0 Å². The monoisotopic (exact) mass is 304 g/mol. The largest absolute Gasteiger partial charge is 0.480 e. The van der Waals surface area contributed by atoms with Gasteiger partial charge in [0.15, 0.2) is 0 Å². The van der Waals surface area contributed by atoms with Crippen LogP contribution < -0.4 is 0 Å². The molecule has 0 aromatic heterocycles. The molecule has 1 aromatic rings. The highest BCUT2D eigenvalue weighted by molar-refractivity contribution is 5.69. The lowest BCUT2D eigenvalue weighted by Crippen LogP contribution is -2.47. The van der Waals surface area contributed by atoms with Crippen LogP contribution in [0.1, 0.15) is 33.4 Å². The van der Waals surface area contributed by atoms with E-state index in [1.54, 1.807) is 0 Å². The van der Waals surface area contributed by atoms with Crippen LogP contribution >= 0.6 is 0 Å². The number of rotatable bonds is 4. The predicted octanol–water partition coefficient (Wildman–Crippen LogP) is 2.43. The van der Waals surface area contributed by atoms with Crippen molar-refractivity contribution in [2.75, 3.05) is 32.7 Å². The van der Waals surface area contributed by atoms with E-state index in [1.807, 2.05) is 4.90 Å². The van der Waals surface area contributed by atoms with E-state index in [4.69, 9.17) is 5.11 Å². The molecule has 1 aliphatic rings. The molecule has 0 bridgehead atoms. The van der Waals surface area contributed by atoms with Crippen LogP contribution in [0.3, 0.4) is 0 Å². The highest BCUT2D eigenvalue weighted by atomic mass is 16.4. The minimum Gasteiger partial charge on any atom is -0.480 e. The van der Waals surface area contributed by atoms with Gasteiger partial charge in [-0.15, -0.1) is 0 Å². The van der Waals surface area contributed by atoms with Gasteiger partial charge in [0.2, 0.25) is 0 Å². The molecule has 4 heteroatoms. The molecule has 0 radical (unpaired) electrons. The zero-order valence-corrected chi connectivity index (χ0v) is 14.5. The minimum atomic E-state index is -0.732.